The van der Waals surface area contributed by atoms with Crippen LogP contribution in [0.15, 0.2) is 24.4 Å². The Morgan fingerprint density at radius 1 is 1.29 bits per heavy atom. The van der Waals surface area contributed by atoms with Gasteiger partial charge in [-0.3, -0.25) is 4.79 Å². The van der Waals surface area contributed by atoms with Crippen LogP contribution in [0.25, 0.3) is 0 Å². The van der Waals surface area contributed by atoms with Crippen molar-refractivity contribution in [2.45, 2.75) is 38.0 Å². The van der Waals surface area contributed by atoms with E-state index in [-0.39, 0.29) is 5.91 Å². The summed E-state index contributed by atoms with van der Waals surface area (Å²) in [5, 5.41) is 2.96. The summed E-state index contributed by atoms with van der Waals surface area (Å²) >= 11 is 0. The van der Waals surface area contributed by atoms with Gasteiger partial charge in [-0.15, -0.1) is 0 Å². The monoisotopic (exact) mass is 325 g/mol. The van der Waals surface area contributed by atoms with Gasteiger partial charge in [-0.05, 0) is 55.9 Å². The molecular formula is C19H23N3O2. The highest BCUT2D eigenvalue weighted by molar-refractivity contribution is 6.04. The fourth-order valence-corrected chi connectivity index (χ4v) is 3.47. The molecule has 4 rings (SSSR count). The van der Waals surface area contributed by atoms with Crippen molar-refractivity contribution >= 4 is 11.7 Å². The maximum Gasteiger partial charge on any atom is 0.258 e. The second-order valence-electron chi connectivity index (χ2n) is 6.89. The first-order chi connectivity index (χ1) is 11.6. The Hall–Kier alpha value is -2.14. The largest absolute Gasteiger partial charge is 0.381 e. The number of amides is 1. The molecule has 1 aliphatic heterocycles. The molecule has 126 valence electrons. The normalized spacial score (nSPS) is 20.3. The van der Waals surface area contributed by atoms with Crippen LogP contribution in [0.2, 0.25) is 0 Å². The predicted octanol–water partition coefficient (Wildman–Crippen LogP) is 3.36. The smallest absolute Gasteiger partial charge is 0.258 e. The van der Waals surface area contributed by atoms with Gasteiger partial charge in [0.2, 0.25) is 0 Å². The molecule has 0 spiro atoms. The highest BCUT2D eigenvalue weighted by Crippen LogP contribution is 2.41. The number of hydrogen-bond acceptors (Lipinski definition) is 3. The Kier molecular flexibility index (Phi) is 3.88. The number of carbonyl (C=O) groups is 1. The molecule has 2 aliphatic rings. The molecule has 2 aromatic heterocycles. The van der Waals surface area contributed by atoms with E-state index in [1.807, 2.05) is 32.2 Å². The number of rotatable bonds is 4. The molecule has 2 fully saturated rings. The molecule has 0 radical (unpaired) electrons. The Balaban J connectivity index is 1.54. The maximum absolute atomic E-state index is 12.7. The molecule has 1 N–H and O–H groups in total. The van der Waals surface area contributed by atoms with Crippen molar-refractivity contribution in [2.24, 2.45) is 7.05 Å². The van der Waals surface area contributed by atoms with Crippen LogP contribution >= 0.6 is 0 Å². The molecule has 0 aromatic carbocycles. The van der Waals surface area contributed by atoms with Crippen LogP contribution in [-0.2, 0) is 11.8 Å². The minimum atomic E-state index is -0.0812. The van der Waals surface area contributed by atoms with E-state index in [0.29, 0.717) is 17.7 Å². The van der Waals surface area contributed by atoms with Crippen molar-refractivity contribution in [1.29, 1.82) is 0 Å². The topological polar surface area (TPSA) is 56.1 Å². The number of anilines is 1. The highest BCUT2D eigenvalue weighted by Gasteiger charge is 2.29. The van der Waals surface area contributed by atoms with Gasteiger partial charge >= 0.3 is 0 Å². The Labute approximate surface area is 142 Å². The molecule has 1 atom stereocenters. The van der Waals surface area contributed by atoms with E-state index in [2.05, 4.69) is 14.9 Å². The summed E-state index contributed by atoms with van der Waals surface area (Å²) in [5.74, 6) is 1.56. The fraction of sp³-hybridized carbons (Fsp3) is 0.474. The SMILES string of the molecule is Cc1c(C(=O)Nc2cc([C@H]3CCOC3)ccn2)cc(C2CC2)n1C. The fourth-order valence-electron chi connectivity index (χ4n) is 3.47. The molecule has 1 amide bonds. The summed E-state index contributed by atoms with van der Waals surface area (Å²) in [4.78, 5) is 17.0. The van der Waals surface area contributed by atoms with E-state index in [9.17, 15) is 4.79 Å². The molecule has 1 aliphatic carbocycles. The lowest BCUT2D eigenvalue weighted by Crippen LogP contribution is -2.14. The van der Waals surface area contributed by atoms with E-state index < -0.39 is 0 Å². The number of carbonyl (C=O) groups excluding carboxylic acids is 1. The molecule has 2 aromatic rings. The Morgan fingerprint density at radius 3 is 2.83 bits per heavy atom. The van der Waals surface area contributed by atoms with Crippen LogP contribution in [0.3, 0.4) is 0 Å². The van der Waals surface area contributed by atoms with Gasteiger partial charge in [0.1, 0.15) is 5.82 Å². The van der Waals surface area contributed by atoms with Crippen molar-refractivity contribution < 1.29 is 9.53 Å². The molecule has 3 heterocycles. The molecule has 5 heteroatoms. The maximum atomic E-state index is 12.7. The Morgan fingerprint density at radius 2 is 2.12 bits per heavy atom. The van der Waals surface area contributed by atoms with E-state index >= 15 is 0 Å². The number of pyridine rings is 1. The van der Waals surface area contributed by atoms with Crippen LogP contribution in [0.5, 0.6) is 0 Å². The molecule has 0 bridgehead atoms. The first-order valence-corrected chi connectivity index (χ1v) is 8.64. The summed E-state index contributed by atoms with van der Waals surface area (Å²) in [6.45, 7) is 3.56. The van der Waals surface area contributed by atoms with Crippen molar-refractivity contribution in [2.75, 3.05) is 18.5 Å². The summed E-state index contributed by atoms with van der Waals surface area (Å²) in [6.07, 6.45) is 5.24. The quantitative estimate of drug-likeness (QED) is 0.938. The lowest BCUT2D eigenvalue weighted by atomic mass is 10.00. The molecule has 1 saturated carbocycles. The summed E-state index contributed by atoms with van der Waals surface area (Å²) in [7, 11) is 2.04. The molecule has 1 saturated heterocycles. The lowest BCUT2D eigenvalue weighted by Gasteiger charge is -2.10. The van der Waals surface area contributed by atoms with Gasteiger partial charge in [0, 0.05) is 37.2 Å². The van der Waals surface area contributed by atoms with Gasteiger partial charge < -0.3 is 14.6 Å². The highest BCUT2D eigenvalue weighted by atomic mass is 16.5. The second kappa shape index (κ2) is 6.06. The molecule has 24 heavy (non-hydrogen) atoms. The minimum Gasteiger partial charge on any atom is -0.381 e. The molecular weight excluding hydrogens is 302 g/mol. The van der Waals surface area contributed by atoms with Gasteiger partial charge in [-0.1, -0.05) is 0 Å². The standard InChI is InChI=1S/C19H23N3O2/c1-12-16(10-17(22(12)2)13-3-4-13)19(23)21-18-9-14(5-7-20-18)15-6-8-24-11-15/h5,7,9-10,13,15H,3-4,6,8,11H2,1-2H3,(H,20,21,23)/t15-/m0/s1. The van der Waals surface area contributed by atoms with Gasteiger partial charge in [0.15, 0.2) is 0 Å². The van der Waals surface area contributed by atoms with Crippen LogP contribution in [0.1, 0.15) is 58.4 Å². The third-order valence-corrected chi connectivity index (χ3v) is 5.24. The van der Waals surface area contributed by atoms with Crippen LogP contribution < -0.4 is 5.32 Å². The average molecular weight is 325 g/mol. The number of ether oxygens (including phenoxy) is 1. The van der Waals surface area contributed by atoms with E-state index in [1.54, 1.807) is 6.20 Å². The third kappa shape index (κ3) is 2.84. The van der Waals surface area contributed by atoms with Crippen molar-refractivity contribution in [1.82, 2.24) is 9.55 Å². The molecule has 5 nitrogen and oxygen atoms in total. The van der Waals surface area contributed by atoms with Crippen LogP contribution in [-0.4, -0.2) is 28.7 Å². The summed E-state index contributed by atoms with van der Waals surface area (Å²) in [5.41, 5.74) is 4.20. The van der Waals surface area contributed by atoms with Gasteiger partial charge in [-0.2, -0.15) is 0 Å². The summed E-state index contributed by atoms with van der Waals surface area (Å²) < 4.78 is 7.60. The zero-order valence-electron chi connectivity index (χ0n) is 14.2. The lowest BCUT2D eigenvalue weighted by molar-refractivity contribution is 0.102. The zero-order chi connectivity index (χ0) is 16.7. The number of hydrogen-bond donors (Lipinski definition) is 1. The number of nitrogens with one attached hydrogen (secondary N) is 1. The van der Waals surface area contributed by atoms with Crippen molar-refractivity contribution in [3.05, 3.63) is 46.9 Å². The first kappa shape index (κ1) is 15.4. The van der Waals surface area contributed by atoms with Crippen molar-refractivity contribution in [3.63, 3.8) is 0 Å². The van der Waals surface area contributed by atoms with E-state index in [1.165, 1.54) is 24.1 Å². The first-order valence-electron chi connectivity index (χ1n) is 8.64. The van der Waals surface area contributed by atoms with E-state index in [4.69, 9.17) is 4.74 Å². The number of nitrogens with zero attached hydrogens (tertiary/aromatic N) is 2. The van der Waals surface area contributed by atoms with Crippen molar-refractivity contribution in [3.8, 4) is 0 Å². The average Bonchev–Trinajstić information content (AvgIpc) is 3.17. The second-order valence-corrected chi connectivity index (χ2v) is 6.89. The summed E-state index contributed by atoms with van der Waals surface area (Å²) in [6, 6.07) is 6.02. The predicted molar refractivity (Wildman–Crippen MR) is 92.5 cm³/mol. The van der Waals surface area contributed by atoms with Gasteiger partial charge in [-0.25, -0.2) is 4.98 Å². The third-order valence-electron chi connectivity index (χ3n) is 5.24. The molecule has 0 unspecified atom stereocenters. The van der Waals surface area contributed by atoms with Crippen LogP contribution in [0, 0.1) is 6.92 Å². The van der Waals surface area contributed by atoms with Gasteiger partial charge in [0.05, 0.1) is 12.2 Å². The number of aromatic nitrogens is 2. The van der Waals surface area contributed by atoms with E-state index in [0.717, 1.165) is 30.9 Å². The minimum absolute atomic E-state index is 0.0812. The Bertz CT molecular complexity index is 771. The van der Waals surface area contributed by atoms with Crippen LogP contribution in [0.4, 0.5) is 5.82 Å². The van der Waals surface area contributed by atoms with Gasteiger partial charge in [0.25, 0.3) is 5.91 Å². The zero-order valence-corrected chi connectivity index (χ0v) is 14.2.